The summed E-state index contributed by atoms with van der Waals surface area (Å²) in [6.07, 6.45) is 1.37. The molecular weight excluding hydrogens is 403 g/mol. The van der Waals surface area contributed by atoms with Gasteiger partial charge >= 0.3 is 0 Å². The van der Waals surface area contributed by atoms with E-state index in [9.17, 15) is 18.8 Å². The monoisotopic (exact) mass is 426 g/mol. The number of benzene rings is 2. The minimum atomic E-state index is -0.753. The largest absolute Gasteiger partial charge is 0.354 e. The second kappa shape index (κ2) is 8.83. The summed E-state index contributed by atoms with van der Waals surface area (Å²) < 4.78 is 13.8. The fourth-order valence-electron chi connectivity index (χ4n) is 3.03. The van der Waals surface area contributed by atoms with Crippen LogP contribution in [0.2, 0.25) is 0 Å². The summed E-state index contributed by atoms with van der Waals surface area (Å²) in [7, 11) is 0. The highest BCUT2D eigenvalue weighted by molar-refractivity contribution is 8.18. The second-order valence-electron chi connectivity index (χ2n) is 7.60. The van der Waals surface area contributed by atoms with Crippen molar-refractivity contribution in [2.75, 3.05) is 13.1 Å². The zero-order valence-electron chi connectivity index (χ0n) is 17.1. The summed E-state index contributed by atoms with van der Waals surface area (Å²) in [6.45, 7) is 5.82. The van der Waals surface area contributed by atoms with Crippen LogP contribution in [0.4, 0.5) is 9.18 Å². The Hall–Kier alpha value is -2.93. The predicted molar refractivity (Wildman–Crippen MR) is 116 cm³/mol. The lowest BCUT2D eigenvalue weighted by molar-refractivity contribution is -0.126. The van der Waals surface area contributed by atoms with E-state index in [0.29, 0.717) is 0 Å². The van der Waals surface area contributed by atoms with Crippen LogP contribution in [-0.2, 0) is 15.0 Å². The van der Waals surface area contributed by atoms with Gasteiger partial charge in [-0.15, -0.1) is 0 Å². The molecule has 0 atom stereocenters. The number of nitrogens with one attached hydrogen (secondary N) is 1. The van der Waals surface area contributed by atoms with Crippen molar-refractivity contribution in [2.24, 2.45) is 0 Å². The molecule has 1 fully saturated rings. The lowest BCUT2D eigenvalue weighted by Gasteiger charge is -2.25. The van der Waals surface area contributed by atoms with Crippen LogP contribution in [0, 0.1) is 12.7 Å². The average molecular weight is 427 g/mol. The highest BCUT2D eigenvalue weighted by Gasteiger charge is 2.35. The number of halogens is 1. The van der Waals surface area contributed by atoms with Gasteiger partial charge in [0.25, 0.3) is 11.1 Å². The number of nitrogens with zero attached hydrogens (tertiary/aromatic N) is 1. The van der Waals surface area contributed by atoms with Gasteiger partial charge in [0, 0.05) is 18.7 Å². The maximum Gasteiger partial charge on any atom is 0.293 e. The quantitative estimate of drug-likeness (QED) is 0.701. The van der Waals surface area contributed by atoms with Gasteiger partial charge in [0.05, 0.1) is 10.3 Å². The molecule has 0 bridgehead atoms. The number of carbonyl (C=O) groups excluding carboxylic acids is 3. The van der Waals surface area contributed by atoms with Crippen molar-refractivity contribution >= 4 is 34.9 Å². The second-order valence-corrected chi connectivity index (χ2v) is 8.59. The number of amides is 3. The SMILES string of the molecule is Cc1ccc(C(C)(C)C(=O)NCCN2C(=O)S/C(=C\c3ccccc3F)C2=O)cc1. The molecule has 0 spiro atoms. The highest BCUT2D eigenvalue weighted by Crippen LogP contribution is 2.32. The lowest BCUT2D eigenvalue weighted by Crippen LogP contribution is -2.44. The first kappa shape index (κ1) is 21.8. The number of hydrogen-bond donors (Lipinski definition) is 1. The Balaban J connectivity index is 1.61. The van der Waals surface area contributed by atoms with Crippen molar-refractivity contribution in [1.29, 1.82) is 0 Å². The van der Waals surface area contributed by atoms with Crippen molar-refractivity contribution in [3.8, 4) is 0 Å². The maximum absolute atomic E-state index is 13.8. The number of rotatable bonds is 6. The Bertz CT molecular complexity index is 1020. The molecule has 1 saturated heterocycles. The van der Waals surface area contributed by atoms with E-state index in [1.165, 1.54) is 18.2 Å². The van der Waals surface area contributed by atoms with Crippen molar-refractivity contribution in [2.45, 2.75) is 26.2 Å². The van der Waals surface area contributed by atoms with Crippen LogP contribution in [-0.4, -0.2) is 35.0 Å². The molecule has 156 valence electrons. The van der Waals surface area contributed by atoms with E-state index in [0.717, 1.165) is 27.8 Å². The summed E-state index contributed by atoms with van der Waals surface area (Å²) in [5.41, 5.74) is 1.48. The molecule has 0 radical (unpaired) electrons. The zero-order valence-corrected chi connectivity index (χ0v) is 17.9. The third-order valence-electron chi connectivity index (χ3n) is 5.03. The molecule has 1 aliphatic rings. The Morgan fingerprint density at radius 3 is 2.47 bits per heavy atom. The van der Waals surface area contributed by atoms with Gasteiger partial charge < -0.3 is 5.32 Å². The molecule has 0 aromatic heterocycles. The Kier molecular flexibility index (Phi) is 6.41. The fourth-order valence-corrected chi connectivity index (χ4v) is 3.89. The van der Waals surface area contributed by atoms with Gasteiger partial charge in [0.1, 0.15) is 5.82 Å². The van der Waals surface area contributed by atoms with Gasteiger partial charge in [-0.1, -0.05) is 48.0 Å². The van der Waals surface area contributed by atoms with Gasteiger partial charge in [0.15, 0.2) is 0 Å². The summed E-state index contributed by atoms with van der Waals surface area (Å²) in [6, 6.07) is 13.8. The van der Waals surface area contributed by atoms with Crippen molar-refractivity contribution in [3.05, 3.63) is 75.9 Å². The molecule has 5 nitrogen and oxygen atoms in total. The molecule has 1 heterocycles. The molecule has 1 aliphatic heterocycles. The van der Waals surface area contributed by atoms with E-state index >= 15 is 0 Å². The van der Waals surface area contributed by atoms with Crippen LogP contribution in [0.25, 0.3) is 6.08 Å². The van der Waals surface area contributed by atoms with E-state index in [1.54, 1.807) is 12.1 Å². The molecule has 0 aliphatic carbocycles. The summed E-state index contributed by atoms with van der Waals surface area (Å²) in [4.78, 5) is 38.7. The molecular formula is C23H23FN2O3S. The third kappa shape index (κ3) is 4.62. The number of thioether (sulfide) groups is 1. The van der Waals surface area contributed by atoms with E-state index in [4.69, 9.17) is 0 Å². The van der Waals surface area contributed by atoms with Gasteiger partial charge in [-0.25, -0.2) is 4.39 Å². The number of carbonyl (C=O) groups is 3. The van der Waals surface area contributed by atoms with E-state index < -0.39 is 22.4 Å². The van der Waals surface area contributed by atoms with Crippen molar-refractivity contribution in [1.82, 2.24) is 10.2 Å². The maximum atomic E-state index is 13.8. The number of hydrogen-bond acceptors (Lipinski definition) is 4. The summed E-state index contributed by atoms with van der Waals surface area (Å²) >= 11 is 0.767. The molecule has 2 aromatic carbocycles. The summed E-state index contributed by atoms with van der Waals surface area (Å²) in [5, 5.41) is 2.37. The normalized spacial score (nSPS) is 15.7. The number of aryl methyl sites for hydroxylation is 1. The average Bonchev–Trinajstić information content (AvgIpc) is 2.97. The number of imide groups is 1. The third-order valence-corrected chi connectivity index (χ3v) is 5.93. The van der Waals surface area contributed by atoms with Crippen LogP contribution in [0.1, 0.15) is 30.5 Å². The molecule has 2 aromatic rings. The standard InChI is InChI=1S/C23H23FN2O3S/c1-15-8-10-17(11-9-15)23(2,3)21(28)25-12-13-26-20(27)19(30-22(26)29)14-16-6-4-5-7-18(16)24/h4-11,14H,12-13H2,1-3H3,(H,25,28)/b19-14-. The first-order valence-electron chi connectivity index (χ1n) is 9.55. The predicted octanol–water partition coefficient (Wildman–Crippen LogP) is 4.26. The van der Waals surface area contributed by atoms with E-state index in [-0.39, 0.29) is 29.5 Å². The van der Waals surface area contributed by atoms with Gasteiger partial charge in [0.2, 0.25) is 5.91 Å². The Morgan fingerprint density at radius 1 is 1.13 bits per heavy atom. The highest BCUT2D eigenvalue weighted by atomic mass is 32.2. The van der Waals surface area contributed by atoms with Crippen molar-refractivity contribution in [3.63, 3.8) is 0 Å². The first-order valence-corrected chi connectivity index (χ1v) is 10.4. The molecule has 3 amide bonds. The zero-order chi connectivity index (χ0) is 21.9. The molecule has 30 heavy (non-hydrogen) atoms. The Labute approximate surface area is 179 Å². The Morgan fingerprint density at radius 2 is 1.80 bits per heavy atom. The fraction of sp³-hybridized carbons (Fsp3) is 0.261. The van der Waals surface area contributed by atoms with Crippen molar-refractivity contribution < 1.29 is 18.8 Å². The molecule has 7 heteroatoms. The topological polar surface area (TPSA) is 66.5 Å². The van der Waals surface area contributed by atoms with E-state index in [2.05, 4.69) is 5.32 Å². The van der Waals surface area contributed by atoms with Gasteiger partial charge in [-0.2, -0.15) is 0 Å². The van der Waals surface area contributed by atoms with Crippen LogP contribution in [0.15, 0.2) is 53.4 Å². The summed E-state index contributed by atoms with van der Waals surface area (Å²) in [5.74, 6) is -1.14. The molecule has 0 unspecified atom stereocenters. The smallest absolute Gasteiger partial charge is 0.293 e. The molecule has 0 saturated carbocycles. The van der Waals surface area contributed by atoms with Crippen LogP contribution in [0.5, 0.6) is 0 Å². The minimum absolute atomic E-state index is 0.0506. The van der Waals surface area contributed by atoms with Crippen LogP contribution in [0.3, 0.4) is 0 Å². The van der Waals surface area contributed by atoms with Crippen LogP contribution < -0.4 is 5.32 Å². The first-order chi connectivity index (χ1) is 14.2. The molecule has 1 N–H and O–H groups in total. The van der Waals surface area contributed by atoms with Gasteiger partial charge in [-0.05, 0) is 50.2 Å². The van der Waals surface area contributed by atoms with E-state index in [1.807, 2.05) is 45.0 Å². The lowest BCUT2D eigenvalue weighted by atomic mass is 9.83. The van der Waals surface area contributed by atoms with Crippen LogP contribution >= 0.6 is 11.8 Å². The van der Waals surface area contributed by atoms with Gasteiger partial charge in [-0.3, -0.25) is 19.3 Å². The molecule has 3 rings (SSSR count). The minimum Gasteiger partial charge on any atom is -0.354 e.